The summed E-state index contributed by atoms with van der Waals surface area (Å²) in [6.07, 6.45) is 26.1. The van der Waals surface area contributed by atoms with Crippen LogP contribution in [0.2, 0.25) is 0 Å². The maximum absolute atomic E-state index is 12.7. The maximum Gasteiger partial charge on any atom is 0.306 e. The molecule has 0 heterocycles. The molecular formula is C28H49BrO3. The van der Waals surface area contributed by atoms with Gasteiger partial charge >= 0.3 is 5.97 Å². The van der Waals surface area contributed by atoms with Crippen molar-refractivity contribution in [1.82, 2.24) is 0 Å². The molecule has 0 bridgehead atoms. The number of allylic oxidation sites excluding steroid dienone is 4. The van der Waals surface area contributed by atoms with E-state index < -0.39 is 6.10 Å². The van der Waals surface area contributed by atoms with Crippen LogP contribution in [0.25, 0.3) is 0 Å². The van der Waals surface area contributed by atoms with Crippen molar-refractivity contribution in [3.8, 4) is 0 Å². The molecule has 0 aliphatic rings. The summed E-state index contributed by atoms with van der Waals surface area (Å²) in [6.45, 7) is 4.43. The molecule has 0 N–H and O–H groups in total. The molecule has 4 heteroatoms. The molecule has 186 valence electrons. The Balaban J connectivity index is 4.37. The van der Waals surface area contributed by atoms with E-state index in [-0.39, 0.29) is 11.8 Å². The van der Waals surface area contributed by atoms with Gasteiger partial charge in [0, 0.05) is 18.2 Å². The lowest BCUT2D eigenvalue weighted by atomic mass is 10.0. The third-order valence-electron chi connectivity index (χ3n) is 5.56. The summed E-state index contributed by atoms with van der Waals surface area (Å²) in [7, 11) is 0. The molecule has 0 aromatic heterocycles. The fourth-order valence-electron chi connectivity index (χ4n) is 3.52. The van der Waals surface area contributed by atoms with E-state index >= 15 is 0 Å². The third kappa shape index (κ3) is 21.0. The SMILES string of the molecule is CCCCC/C=C\CCCC(=O)C(CCC/C=C\CCCCC)OC(=O)CCCCCBr. The summed E-state index contributed by atoms with van der Waals surface area (Å²) in [4.78, 5) is 25.0. The zero-order chi connectivity index (χ0) is 23.7. The third-order valence-corrected chi connectivity index (χ3v) is 6.12. The molecule has 0 aromatic rings. The summed E-state index contributed by atoms with van der Waals surface area (Å²) in [5.41, 5.74) is 0. The minimum Gasteiger partial charge on any atom is -0.454 e. The quantitative estimate of drug-likeness (QED) is 0.0592. The highest BCUT2D eigenvalue weighted by molar-refractivity contribution is 9.09. The maximum atomic E-state index is 12.7. The minimum absolute atomic E-state index is 0.0881. The number of hydrogen-bond donors (Lipinski definition) is 0. The number of unbranched alkanes of at least 4 members (excludes halogenated alkanes) is 10. The van der Waals surface area contributed by atoms with Gasteiger partial charge in [0.25, 0.3) is 0 Å². The first-order valence-electron chi connectivity index (χ1n) is 13.2. The van der Waals surface area contributed by atoms with Crippen LogP contribution in [0.4, 0.5) is 0 Å². The number of ether oxygens (including phenoxy) is 1. The standard InChI is InChI=1S/C28H49BrO3/c1-3-5-7-9-11-13-15-18-22-26(30)27(32-28(31)24-20-17-21-25-29)23-19-16-14-12-10-8-6-4-2/h11-14,27H,3-10,15-25H2,1-2H3/b13-11-,14-12-. The van der Waals surface area contributed by atoms with Crippen LogP contribution in [0.3, 0.4) is 0 Å². The van der Waals surface area contributed by atoms with Gasteiger partial charge in [0.2, 0.25) is 0 Å². The molecule has 3 nitrogen and oxygen atoms in total. The van der Waals surface area contributed by atoms with Gasteiger partial charge in [-0.15, -0.1) is 0 Å². The van der Waals surface area contributed by atoms with Gasteiger partial charge in [-0.3, -0.25) is 9.59 Å². The number of Topliss-reactive ketones (excluding diaryl/α,β-unsaturated/α-hetero) is 1. The van der Waals surface area contributed by atoms with E-state index in [4.69, 9.17) is 4.74 Å². The number of hydrogen-bond acceptors (Lipinski definition) is 3. The summed E-state index contributed by atoms with van der Waals surface area (Å²) >= 11 is 3.41. The highest BCUT2D eigenvalue weighted by Gasteiger charge is 2.21. The van der Waals surface area contributed by atoms with E-state index in [0.717, 1.165) is 63.1 Å². The van der Waals surface area contributed by atoms with E-state index in [2.05, 4.69) is 54.1 Å². The summed E-state index contributed by atoms with van der Waals surface area (Å²) in [6, 6.07) is 0. The van der Waals surface area contributed by atoms with Crippen molar-refractivity contribution >= 4 is 27.7 Å². The zero-order valence-electron chi connectivity index (χ0n) is 20.9. The largest absolute Gasteiger partial charge is 0.454 e. The van der Waals surface area contributed by atoms with Crippen LogP contribution in [0, 0.1) is 0 Å². The van der Waals surface area contributed by atoms with Crippen molar-refractivity contribution in [3.63, 3.8) is 0 Å². The Morgan fingerprint density at radius 2 is 1.25 bits per heavy atom. The lowest BCUT2D eigenvalue weighted by Gasteiger charge is -2.16. The van der Waals surface area contributed by atoms with Crippen LogP contribution in [0.1, 0.15) is 129 Å². The Kier molecular flexibility index (Phi) is 24.0. The van der Waals surface area contributed by atoms with Gasteiger partial charge in [-0.25, -0.2) is 0 Å². The van der Waals surface area contributed by atoms with E-state index in [1.165, 1.54) is 38.5 Å². The molecule has 0 aliphatic carbocycles. The number of rotatable bonds is 23. The molecule has 0 aromatic carbocycles. The fourth-order valence-corrected chi connectivity index (χ4v) is 3.91. The molecule has 0 radical (unpaired) electrons. The molecule has 1 atom stereocenters. The Morgan fingerprint density at radius 1 is 0.688 bits per heavy atom. The van der Waals surface area contributed by atoms with Crippen molar-refractivity contribution in [2.75, 3.05) is 5.33 Å². The number of alkyl halides is 1. The average Bonchev–Trinajstić information content (AvgIpc) is 2.79. The van der Waals surface area contributed by atoms with Crippen LogP contribution < -0.4 is 0 Å². The summed E-state index contributed by atoms with van der Waals surface area (Å²) in [5, 5.41) is 0.960. The minimum atomic E-state index is -0.569. The number of esters is 1. The van der Waals surface area contributed by atoms with E-state index in [1.807, 2.05) is 0 Å². The van der Waals surface area contributed by atoms with Gasteiger partial charge in [-0.2, -0.15) is 0 Å². The van der Waals surface area contributed by atoms with Gasteiger partial charge in [0.05, 0.1) is 0 Å². The molecule has 0 rings (SSSR count). The van der Waals surface area contributed by atoms with Crippen molar-refractivity contribution in [2.45, 2.75) is 136 Å². The first-order chi connectivity index (χ1) is 15.7. The van der Waals surface area contributed by atoms with Gasteiger partial charge in [0.15, 0.2) is 11.9 Å². The van der Waals surface area contributed by atoms with Crippen LogP contribution >= 0.6 is 15.9 Å². The van der Waals surface area contributed by atoms with Crippen molar-refractivity contribution in [1.29, 1.82) is 0 Å². The van der Waals surface area contributed by atoms with Gasteiger partial charge in [-0.1, -0.05) is 86.2 Å². The molecule has 0 fully saturated rings. The number of halogens is 1. The molecule has 0 spiro atoms. The van der Waals surface area contributed by atoms with E-state index in [1.54, 1.807) is 0 Å². The molecule has 0 saturated carbocycles. The number of ketones is 1. The molecule has 0 saturated heterocycles. The fraction of sp³-hybridized carbons (Fsp3) is 0.786. The molecule has 0 aliphatic heterocycles. The van der Waals surface area contributed by atoms with Crippen LogP contribution in [-0.2, 0) is 14.3 Å². The van der Waals surface area contributed by atoms with Crippen LogP contribution in [-0.4, -0.2) is 23.2 Å². The predicted octanol–water partition coefficient (Wildman–Crippen LogP) is 9.04. The molecule has 1 unspecified atom stereocenters. The predicted molar refractivity (Wildman–Crippen MR) is 141 cm³/mol. The van der Waals surface area contributed by atoms with Crippen LogP contribution in [0.15, 0.2) is 24.3 Å². The second kappa shape index (κ2) is 24.7. The lowest BCUT2D eigenvalue weighted by molar-refractivity contribution is -0.155. The Bertz CT molecular complexity index is 499. The van der Waals surface area contributed by atoms with Gasteiger partial charge in [-0.05, 0) is 70.6 Å². The number of carbonyl (C=O) groups excluding carboxylic acids is 2. The topological polar surface area (TPSA) is 43.4 Å². The number of carbonyl (C=O) groups is 2. The second-order valence-corrected chi connectivity index (χ2v) is 9.49. The highest BCUT2D eigenvalue weighted by Crippen LogP contribution is 2.14. The summed E-state index contributed by atoms with van der Waals surface area (Å²) < 4.78 is 5.63. The highest BCUT2D eigenvalue weighted by atomic mass is 79.9. The Labute approximate surface area is 207 Å². The second-order valence-electron chi connectivity index (χ2n) is 8.70. The molecular weight excluding hydrogens is 464 g/mol. The van der Waals surface area contributed by atoms with Gasteiger partial charge < -0.3 is 4.74 Å². The Morgan fingerprint density at radius 3 is 1.81 bits per heavy atom. The summed E-state index contributed by atoms with van der Waals surface area (Å²) in [5.74, 6) is -0.131. The van der Waals surface area contributed by atoms with E-state index in [9.17, 15) is 9.59 Å². The lowest BCUT2D eigenvalue weighted by Crippen LogP contribution is -2.27. The first-order valence-corrected chi connectivity index (χ1v) is 14.4. The smallest absolute Gasteiger partial charge is 0.306 e. The molecule has 32 heavy (non-hydrogen) atoms. The average molecular weight is 514 g/mol. The van der Waals surface area contributed by atoms with Crippen molar-refractivity contribution < 1.29 is 14.3 Å². The zero-order valence-corrected chi connectivity index (χ0v) is 22.5. The van der Waals surface area contributed by atoms with Gasteiger partial charge in [0.1, 0.15) is 0 Å². The Hall–Kier alpha value is -0.900. The normalized spacial score (nSPS) is 12.6. The first kappa shape index (κ1) is 31.1. The van der Waals surface area contributed by atoms with Crippen molar-refractivity contribution in [3.05, 3.63) is 24.3 Å². The monoisotopic (exact) mass is 512 g/mol. The molecule has 0 amide bonds. The van der Waals surface area contributed by atoms with E-state index in [0.29, 0.717) is 19.3 Å². The van der Waals surface area contributed by atoms with Crippen molar-refractivity contribution in [2.24, 2.45) is 0 Å². The van der Waals surface area contributed by atoms with Crippen LogP contribution in [0.5, 0.6) is 0 Å².